The van der Waals surface area contributed by atoms with E-state index in [-0.39, 0.29) is 11.1 Å². The number of nitrogens with zero attached hydrogens (tertiary/aromatic N) is 4. The second kappa shape index (κ2) is 15.4. The number of aryl methyl sites for hydroxylation is 2. The fraction of sp³-hybridized carbons (Fsp3) is 0.214. The molecule has 10 heteroatoms. The van der Waals surface area contributed by atoms with Crippen molar-refractivity contribution in [3.05, 3.63) is 176 Å². The number of piperidine rings is 1. The largest absolute Gasteiger partial charge is 0.439 e. The molecule has 0 spiro atoms. The van der Waals surface area contributed by atoms with E-state index >= 15 is 0 Å². The monoisotopic (exact) mass is 693 g/mol. The summed E-state index contributed by atoms with van der Waals surface area (Å²) in [5.74, 6) is 0.306. The number of aromatic nitrogens is 6. The summed E-state index contributed by atoms with van der Waals surface area (Å²) in [5, 5.41) is 14.9. The predicted molar refractivity (Wildman–Crippen MR) is 205 cm³/mol. The molecule has 1 fully saturated rings. The fourth-order valence-corrected chi connectivity index (χ4v) is 6.76. The highest BCUT2D eigenvalue weighted by molar-refractivity contribution is 5.54. The molecule has 3 aromatic heterocycles. The van der Waals surface area contributed by atoms with E-state index in [0.29, 0.717) is 56.8 Å². The minimum atomic E-state index is -0.748. The summed E-state index contributed by atoms with van der Waals surface area (Å²) in [7, 11) is 0. The number of rotatable bonds is 8. The Morgan fingerprint density at radius 1 is 0.615 bits per heavy atom. The van der Waals surface area contributed by atoms with Crippen LogP contribution in [0.25, 0.3) is 17.1 Å². The van der Waals surface area contributed by atoms with Crippen molar-refractivity contribution >= 4 is 0 Å². The molecule has 0 saturated carbocycles. The average molecular weight is 694 g/mol. The van der Waals surface area contributed by atoms with Crippen LogP contribution >= 0.6 is 0 Å². The Labute approximate surface area is 302 Å². The van der Waals surface area contributed by atoms with E-state index in [1.807, 2.05) is 135 Å². The number of aromatic amines is 2. The van der Waals surface area contributed by atoms with Crippen LogP contribution in [-0.2, 0) is 0 Å². The fourth-order valence-electron chi connectivity index (χ4n) is 6.76. The van der Waals surface area contributed by atoms with Gasteiger partial charge in [0.1, 0.15) is 5.75 Å². The van der Waals surface area contributed by atoms with E-state index in [2.05, 4.69) is 15.5 Å². The zero-order valence-corrected chi connectivity index (χ0v) is 29.7. The molecule has 3 N–H and O–H groups in total. The summed E-state index contributed by atoms with van der Waals surface area (Å²) >= 11 is 0. The van der Waals surface area contributed by atoms with Crippen molar-refractivity contribution in [2.75, 3.05) is 13.1 Å². The van der Waals surface area contributed by atoms with Crippen LogP contribution in [0.4, 0.5) is 0 Å². The van der Waals surface area contributed by atoms with Gasteiger partial charge in [0.05, 0.1) is 45.5 Å². The summed E-state index contributed by atoms with van der Waals surface area (Å²) in [6, 6.07) is 38.0. The summed E-state index contributed by atoms with van der Waals surface area (Å²) < 4.78 is 11.5. The first kappa shape index (κ1) is 34.3. The Morgan fingerprint density at radius 3 is 1.65 bits per heavy atom. The van der Waals surface area contributed by atoms with Gasteiger partial charge in [-0.25, -0.2) is 14.0 Å². The van der Waals surface area contributed by atoms with Gasteiger partial charge in [-0.3, -0.25) is 19.8 Å². The van der Waals surface area contributed by atoms with E-state index in [1.54, 1.807) is 11.6 Å². The van der Waals surface area contributed by atoms with E-state index in [1.165, 1.54) is 41.7 Å². The number of hydrogen-bond acceptors (Lipinski definition) is 5. The van der Waals surface area contributed by atoms with Crippen molar-refractivity contribution in [3.63, 3.8) is 0 Å². The van der Waals surface area contributed by atoms with Gasteiger partial charge >= 0.3 is 0 Å². The van der Waals surface area contributed by atoms with Crippen molar-refractivity contribution in [1.29, 1.82) is 0 Å². The second-order valence-electron chi connectivity index (χ2n) is 13.0. The van der Waals surface area contributed by atoms with E-state index < -0.39 is 5.92 Å². The summed E-state index contributed by atoms with van der Waals surface area (Å²) in [6.45, 7) is 8.06. The molecule has 1 unspecified atom stereocenters. The van der Waals surface area contributed by atoms with Crippen molar-refractivity contribution < 1.29 is 4.74 Å². The Balaban J connectivity index is 0.000000638. The van der Waals surface area contributed by atoms with Crippen molar-refractivity contribution in [3.8, 4) is 28.7 Å². The molecule has 1 aliphatic rings. The van der Waals surface area contributed by atoms with Gasteiger partial charge in [0.15, 0.2) is 0 Å². The maximum absolute atomic E-state index is 14.5. The molecule has 0 bridgehead atoms. The first-order valence-corrected chi connectivity index (χ1v) is 17.7. The third kappa shape index (κ3) is 6.93. The smallest absolute Gasteiger partial charge is 0.275 e. The van der Waals surface area contributed by atoms with Crippen LogP contribution in [0.3, 0.4) is 0 Å². The SMILES string of the molecule is C1CCNCC1.Cc1nn(-c2ccccc2)c(Oc2ccccc2)c1C(c1[nH]n(-c2ccccc2)c(=O)c1C)c1c(C)[nH]n(-c2ccccc2)c1=O. The van der Waals surface area contributed by atoms with Crippen LogP contribution in [0.5, 0.6) is 11.6 Å². The van der Waals surface area contributed by atoms with Crippen LogP contribution in [-0.4, -0.2) is 42.4 Å². The lowest BCUT2D eigenvalue weighted by molar-refractivity contribution is 0.438. The Kier molecular flexibility index (Phi) is 10.2. The number of hydrogen-bond donors (Lipinski definition) is 3. The van der Waals surface area contributed by atoms with Gasteiger partial charge in [0, 0.05) is 11.3 Å². The Morgan fingerprint density at radius 2 is 1.13 bits per heavy atom. The van der Waals surface area contributed by atoms with Crippen molar-refractivity contribution in [1.82, 2.24) is 34.7 Å². The molecule has 0 amide bonds. The highest BCUT2D eigenvalue weighted by Crippen LogP contribution is 2.42. The minimum Gasteiger partial charge on any atom is -0.439 e. The van der Waals surface area contributed by atoms with E-state index in [0.717, 1.165) is 5.69 Å². The number of nitrogens with one attached hydrogen (secondary N) is 3. The van der Waals surface area contributed by atoms with Gasteiger partial charge in [-0.2, -0.15) is 5.10 Å². The first-order chi connectivity index (χ1) is 25.4. The van der Waals surface area contributed by atoms with Crippen LogP contribution < -0.4 is 21.2 Å². The van der Waals surface area contributed by atoms with Crippen molar-refractivity contribution in [2.45, 2.75) is 46.0 Å². The van der Waals surface area contributed by atoms with Crippen LogP contribution in [0.1, 0.15) is 59.0 Å². The highest BCUT2D eigenvalue weighted by atomic mass is 16.5. The number of ether oxygens (including phenoxy) is 1. The quantitative estimate of drug-likeness (QED) is 0.153. The average Bonchev–Trinajstić information content (AvgIpc) is 3.80. The minimum absolute atomic E-state index is 0.207. The Hall–Kier alpha value is -6.13. The maximum Gasteiger partial charge on any atom is 0.275 e. The standard InChI is InChI=1S/C37H32N6O3.C5H11N/c1-24-34(40-41(35(24)44)27-16-8-4-9-17-27)33(31-25(2)38-42(36(31)45)28-18-10-5-11-19-28)32-26(3)39-43(29-20-12-6-13-21-29)37(32)46-30-22-14-7-15-23-30;1-2-4-6-5-3-1/h4-23,33,38,40H,1-3H3;6H,1-5H2. The highest BCUT2D eigenvalue weighted by Gasteiger charge is 2.36. The number of H-pyrrole nitrogens is 2. The molecule has 1 atom stereocenters. The van der Waals surface area contributed by atoms with Gasteiger partial charge in [-0.15, -0.1) is 0 Å². The zero-order chi connectivity index (χ0) is 36.0. The second-order valence-corrected chi connectivity index (χ2v) is 13.0. The molecule has 8 rings (SSSR count). The molecule has 4 heterocycles. The summed E-state index contributed by atoms with van der Waals surface area (Å²) in [6.07, 6.45) is 4.22. The molecular formula is C42H43N7O3. The van der Waals surface area contributed by atoms with Gasteiger partial charge in [0.2, 0.25) is 5.88 Å². The summed E-state index contributed by atoms with van der Waals surface area (Å²) in [4.78, 5) is 28.3. The summed E-state index contributed by atoms with van der Waals surface area (Å²) in [5.41, 5.74) is 5.23. The van der Waals surface area contributed by atoms with E-state index in [4.69, 9.17) is 9.84 Å². The van der Waals surface area contributed by atoms with Gasteiger partial charge in [-0.05, 0) is 95.2 Å². The third-order valence-electron chi connectivity index (χ3n) is 9.40. The van der Waals surface area contributed by atoms with Gasteiger partial charge < -0.3 is 10.1 Å². The van der Waals surface area contributed by atoms with Crippen LogP contribution in [0, 0.1) is 20.8 Å². The molecule has 1 saturated heterocycles. The maximum atomic E-state index is 14.5. The molecule has 7 aromatic rings. The molecule has 0 aliphatic carbocycles. The molecular weight excluding hydrogens is 651 g/mol. The Bertz CT molecular complexity index is 2340. The first-order valence-electron chi connectivity index (χ1n) is 17.7. The lowest BCUT2D eigenvalue weighted by Gasteiger charge is -2.19. The normalized spacial score (nSPS) is 13.3. The number of para-hydroxylation sites is 4. The van der Waals surface area contributed by atoms with Gasteiger partial charge in [-0.1, -0.05) is 79.2 Å². The third-order valence-corrected chi connectivity index (χ3v) is 9.40. The molecule has 264 valence electrons. The molecule has 1 aliphatic heterocycles. The van der Waals surface area contributed by atoms with E-state index in [9.17, 15) is 9.59 Å². The molecule has 52 heavy (non-hydrogen) atoms. The number of benzene rings is 4. The van der Waals surface area contributed by atoms with Gasteiger partial charge in [0.25, 0.3) is 11.1 Å². The van der Waals surface area contributed by atoms with Crippen molar-refractivity contribution in [2.24, 2.45) is 0 Å². The van der Waals surface area contributed by atoms with Crippen LogP contribution in [0.15, 0.2) is 131 Å². The zero-order valence-electron chi connectivity index (χ0n) is 29.7. The topological polar surface area (TPSA) is 115 Å². The molecule has 10 nitrogen and oxygen atoms in total. The lowest BCUT2D eigenvalue weighted by Crippen LogP contribution is -2.22. The lowest BCUT2D eigenvalue weighted by atomic mass is 9.87. The predicted octanol–water partition coefficient (Wildman–Crippen LogP) is 7.49. The molecule has 0 radical (unpaired) electrons. The van der Waals surface area contributed by atoms with Crippen LogP contribution in [0.2, 0.25) is 0 Å². The molecule has 4 aromatic carbocycles.